The predicted molar refractivity (Wildman–Crippen MR) is 73.1 cm³/mol. The van der Waals surface area contributed by atoms with E-state index in [1.54, 1.807) is 20.8 Å². The van der Waals surface area contributed by atoms with Gasteiger partial charge in [-0.15, -0.1) is 0 Å². The highest BCUT2D eigenvalue weighted by atomic mass is 16.5. The van der Waals surface area contributed by atoms with Gasteiger partial charge in [-0.1, -0.05) is 0 Å². The van der Waals surface area contributed by atoms with Crippen molar-refractivity contribution in [2.45, 2.75) is 20.8 Å². The lowest BCUT2D eigenvalue weighted by Crippen LogP contribution is -2.13. The SMILES string of the molecule is CCOC(=O)c1[c]c(C(=O)OCC)cc(C(=O)OCC)c1. The topological polar surface area (TPSA) is 78.9 Å². The van der Waals surface area contributed by atoms with Crippen molar-refractivity contribution in [1.82, 2.24) is 0 Å². The second-order valence-electron chi connectivity index (χ2n) is 3.86. The minimum absolute atomic E-state index is 0.0227. The van der Waals surface area contributed by atoms with E-state index in [0.29, 0.717) is 0 Å². The molecule has 1 aromatic rings. The number of benzene rings is 1. The predicted octanol–water partition coefficient (Wildman–Crippen LogP) is 2.02. The minimum Gasteiger partial charge on any atom is -0.462 e. The highest BCUT2D eigenvalue weighted by molar-refractivity contribution is 6.00. The van der Waals surface area contributed by atoms with Crippen LogP contribution in [0.15, 0.2) is 12.1 Å². The van der Waals surface area contributed by atoms with Crippen LogP contribution in [0.25, 0.3) is 0 Å². The van der Waals surface area contributed by atoms with Gasteiger partial charge in [0.2, 0.25) is 0 Å². The van der Waals surface area contributed by atoms with Crippen LogP contribution < -0.4 is 0 Å². The van der Waals surface area contributed by atoms with E-state index in [0.717, 1.165) is 0 Å². The molecule has 6 nitrogen and oxygen atoms in total. The standard InChI is InChI=1S/C15H17O6/c1-4-19-13(16)10-7-11(14(17)20-5-2)9-12(8-10)15(18)21-6-3/h7-8H,4-6H2,1-3H3. The van der Waals surface area contributed by atoms with Crippen LogP contribution in [0.5, 0.6) is 0 Å². The Bertz CT molecular complexity index is 446. The molecule has 6 heteroatoms. The summed E-state index contributed by atoms with van der Waals surface area (Å²) in [5.41, 5.74) is 0.0256. The summed E-state index contributed by atoms with van der Waals surface area (Å²) in [5.74, 6) is -1.98. The molecule has 0 fully saturated rings. The Morgan fingerprint density at radius 3 is 1.57 bits per heavy atom. The molecule has 0 spiro atoms. The van der Waals surface area contributed by atoms with Crippen molar-refractivity contribution in [3.8, 4) is 0 Å². The first kappa shape index (κ1) is 16.7. The third-order valence-electron chi connectivity index (χ3n) is 2.37. The summed E-state index contributed by atoms with van der Waals surface area (Å²) in [6.07, 6.45) is 0. The molecule has 0 aliphatic carbocycles. The molecule has 1 rings (SSSR count). The quantitative estimate of drug-likeness (QED) is 0.589. The molecule has 0 amide bonds. The normalized spacial score (nSPS) is 9.86. The second kappa shape index (κ2) is 8.04. The first-order chi connectivity index (χ1) is 10.0. The maximum atomic E-state index is 11.8. The molecule has 0 N–H and O–H groups in total. The van der Waals surface area contributed by atoms with Crippen LogP contribution in [0.2, 0.25) is 0 Å². The van der Waals surface area contributed by atoms with Gasteiger partial charge in [0.05, 0.1) is 36.5 Å². The van der Waals surface area contributed by atoms with Gasteiger partial charge in [-0.3, -0.25) is 0 Å². The van der Waals surface area contributed by atoms with Gasteiger partial charge in [0.15, 0.2) is 0 Å². The molecular formula is C15H17O6. The lowest BCUT2D eigenvalue weighted by Gasteiger charge is -2.08. The average Bonchev–Trinajstić information content (AvgIpc) is 2.47. The van der Waals surface area contributed by atoms with E-state index in [2.05, 4.69) is 6.07 Å². The van der Waals surface area contributed by atoms with Crippen molar-refractivity contribution >= 4 is 17.9 Å². The molecule has 21 heavy (non-hydrogen) atoms. The summed E-state index contributed by atoms with van der Waals surface area (Å²) in [6, 6.07) is 5.15. The molecule has 0 aromatic heterocycles. The van der Waals surface area contributed by atoms with Crippen molar-refractivity contribution in [3.05, 3.63) is 34.9 Å². The maximum absolute atomic E-state index is 11.8. The monoisotopic (exact) mass is 293 g/mol. The molecule has 113 valence electrons. The van der Waals surface area contributed by atoms with Crippen molar-refractivity contribution in [1.29, 1.82) is 0 Å². The molecule has 0 saturated carbocycles. The Morgan fingerprint density at radius 1 is 0.810 bits per heavy atom. The summed E-state index contributed by atoms with van der Waals surface area (Å²) in [4.78, 5) is 35.3. The molecule has 0 aliphatic rings. The Labute approximate surface area is 123 Å². The summed E-state index contributed by atoms with van der Waals surface area (Å²) in [7, 11) is 0. The van der Waals surface area contributed by atoms with Gasteiger partial charge in [-0.2, -0.15) is 0 Å². The fraction of sp³-hybridized carbons (Fsp3) is 0.400. The van der Waals surface area contributed by atoms with Crippen LogP contribution in [0.4, 0.5) is 0 Å². The van der Waals surface area contributed by atoms with Crippen LogP contribution in [0.3, 0.4) is 0 Å². The van der Waals surface area contributed by atoms with Gasteiger partial charge in [-0.25, -0.2) is 14.4 Å². The first-order valence-corrected chi connectivity index (χ1v) is 6.62. The Hall–Kier alpha value is -2.37. The van der Waals surface area contributed by atoms with Gasteiger partial charge < -0.3 is 14.2 Å². The van der Waals surface area contributed by atoms with Crippen LogP contribution in [0, 0.1) is 6.07 Å². The van der Waals surface area contributed by atoms with Crippen LogP contribution in [-0.4, -0.2) is 37.7 Å². The van der Waals surface area contributed by atoms with E-state index in [4.69, 9.17) is 14.2 Å². The zero-order valence-electron chi connectivity index (χ0n) is 12.2. The fourth-order valence-corrected chi connectivity index (χ4v) is 1.54. The number of carbonyl (C=O) groups is 3. The average molecular weight is 293 g/mol. The maximum Gasteiger partial charge on any atom is 0.338 e. The molecule has 1 radical (unpaired) electrons. The van der Waals surface area contributed by atoms with Crippen molar-refractivity contribution < 1.29 is 28.6 Å². The highest BCUT2D eigenvalue weighted by Gasteiger charge is 2.18. The third kappa shape index (κ3) is 4.59. The van der Waals surface area contributed by atoms with Gasteiger partial charge in [-0.05, 0) is 32.9 Å². The third-order valence-corrected chi connectivity index (χ3v) is 2.37. The van der Waals surface area contributed by atoms with Gasteiger partial charge >= 0.3 is 17.9 Å². The van der Waals surface area contributed by atoms with E-state index >= 15 is 0 Å². The van der Waals surface area contributed by atoms with Gasteiger partial charge in [0, 0.05) is 6.07 Å². The number of ether oxygens (including phenoxy) is 3. The number of carbonyl (C=O) groups excluding carboxylic acids is 3. The number of hydrogen-bond acceptors (Lipinski definition) is 6. The van der Waals surface area contributed by atoms with Crippen molar-refractivity contribution in [3.63, 3.8) is 0 Å². The van der Waals surface area contributed by atoms with Gasteiger partial charge in [0.25, 0.3) is 0 Å². The number of rotatable bonds is 6. The summed E-state index contributed by atoms with van der Waals surface area (Å²) < 4.78 is 14.5. The van der Waals surface area contributed by atoms with Crippen molar-refractivity contribution in [2.24, 2.45) is 0 Å². The molecule has 1 aromatic carbocycles. The van der Waals surface area contributed by atoms with Crippen LogP contribution in [0.1, 0.15) is 51.8 Å². The van der Waals surface area contributed by atoms with Crippen LogP contribution >= 0.6 is 0 Å². The van der Waals surface area contributed by atoms with E-state index in [1.807, 2.05) is 0 Å². The molecule has 0 unspecified atom stereocenters. The first-order valence-electron chi connectivity index (χ1n) is 6.62. The minimum atomic E-state index is -0.672. The number of esters is 3. The lowest BCUT2D eigenvalue weighted by atomic mass is 10.1. The van der Waals surface area contributed by atoms with Gasteiger partial charge in [0.1, 0.15) is 0 Å². The zero-order valence-corrected chi connectivity index (χ0v) is 12.2. The number of hydrogen-bond donors (Lipinski definition) is 0. The Morgan fingerprint density at radius 2 is 1.19 bits per heavy atom. The molecule has 0 bridgehead atoms. The molecule has 0 saturated heterocycles. The molecule has 0 aliphatic heterocycles. The largest absolute Gasteiger partial charge is 0.462 e. The van der Waals surface area contributed by atoms with Crippen molar-refractivity contribution in [2.75, 3.05) is 19.8 Å². The molecule has 0 heterocycles. The van der Waals surface area contributed by atoms with Crippen LogP contribution in [-0.2, 0) is 14.2 Å². The van der Waals surface area contributed by atoms with E-state index in [9.17, 15) is 14.4 Å². The Balaban J connectivity index is 3.22. The second-order valence-corrected chi connectivity index (χ2v) is 3.86. The molecular weight excluding hydrogens is 276 g/mol. The summed E-state index contributed by atoms with van der Waals surface area (Å²) in [5, 5.41) is 0. The fourth-order valence-electron chi connectivity index (χ4n) is 1.54. The summed E-state index contributed by atoms with van der Waals surface area (Å²) >= 11 is 0. The van der Waals surface area contributed by atoms with E-state index in [-0.39, 0.29) is 36.5 Å². The summed E-state index contributed by atoms with van der Waals surface area (Å²) in [6.45, 7) is 5.49. The highest BCUT2D eigenvalue weighted by Crippen LogP contribution is 2.14. The lowest BCUT2D eigenvalue weighted by molar-refractivity contribution is 0.0523. The van der Waals surface area contributed by atoms with E-state index < -0.39 is 17.9 Å². The smallest absolute Gasteiger partial charge is 0.338 e. The zero-order chi connectivity index (χ0) is 15.8. The Kier molecular flexibility index (Phi) is 6.39. The molecule has 0 atom stereocenters. The van der Waals surface area contributed by atoms with E-state index in [1.165, 1.54) is 12.1 Å².